The Morgan fingerprint density at radius 3 is 2.48 bits per heavy atom. The molecule has 1 aromatic rings. The number of rotatable bonds is 7. The van der Waals surface area contributed by atoms with Crippen molar-refractivity contribution in [3.05, 3.63) is 59.0 Å². The molecule has 0 heterocycles. The summed E-state index contributed by atoms with van der Waals surface area (Å²) in [6.07, 6.45) is 6.37. The molecule has 0 saturated heterocycles. The Morgan fingerprint density at radius 2 is 1.93 bits per heavy atom. The Labute approximate surface area is 162 Å². The van der Waals surface area contributed by atoms with Crippen LogP contribution in [0.2, 0.25) is 0 Å². The lowest BCUT2D eigenvalue weighted by Gasteiger charge is -2.23. The lowest BCUT2D eigenvalue weighted by Crippen LogP contribution is -2.19. The van der Waals surface area contributed by atoms with E-state index in [1.807, 2.05) is 6.08 Å². The molecule has 0 aliphatic heterocycles. The van der Waals surface area contributed by atoms with Crippen LogP contribution in [0.3, 0.4) is 0 Å². The first-order valence-electron chi connectivity index (χ1n) is 9.76. The highest BCUT2D eigenvalue weighted by atomic mass is 16.4. The maximum absolute atomic E-state index is 10.6. The highest BCUT2D eigenvalue weighted by molar-refractivity contribution is 5.66. The number of carboxylic acids is 1. The van der Waals surface area contributed by atoms with Crippen molar-refractivity contribution in [2.75, 3.05) is 0 Å². The third-order valence-corrected chi connectivity index (χ3v) is 5.52. The van der Waals surface area contributed by atoms with Crippen molar-refractivity contribution in [2.24, 2.45) is 5.92 Å². The zero-order valence-electron chi connectivity index (χ0n) is 16.6. The van der Waals surface area contributed by atoms with Crippen LogP contribution < -0.4 is 0 Å². The number of unbranched alkanes of at least 4 members (excludes halogenated alkanes) is 1. The molecule has 2 unspecified atom stereocenters. The van der Waals surface area contributed by atoms with E-state index in [1.165, 1.54) is 5.56 Å². The fourth-order valence-corrected chi connectivity index (χ4v) is 3.96. The van der Waals surface area contributed by atoms with Crippen molar-refractivity contribution in [1.29, 1.82) is 0 Å². The Kier molecular flexibility index (Phi) is 7.21. The summed E-state index contributed by atoms with van der Waals surface area (Å²) in [6.45, 7) is 14.0. The third kappa shape index (κ3) is 5.68. The van der Waals surface area contributed by atoms with E-state index in [0.717, 1.165) is 18.4 Å². The molecule has 2 rings (SSSR count). The van der Waals surface area contributed by atoms with E-state index in [-0.39, 0.29) is 29.7 Å². The summed E-state index contributed by atoms with van der Waals surface area (Å²) in [6, 6.07) is 8.29. The molecule has 0 radical (unpaired) electrons. The van der Waals surface area contributed by atoms with Gasteiger partial charge in [0.2, 0.25) is 6.04 Å². The minimum absolute atomic E-state index is 0.0261. The zero-order valence-corrected chi connectivity index (χ0v) is 16.6. The fraction of sp³-hybridized carbons (Fsp3) is 0.565. The number of benzene rings is 1. The minimum Gasteiger partial charge on any atom is -0.481 e. The summed E-state index contributed by atoms with van der Waals surface area (Å²) in [5.74, 6) is -0.704. The molecule has 0 spiro atoms. The smallest absolute Gasteiger partial charge is 0.303 e. The zero-order chi connectivity index (χ0) is 20.0. The average Bonchev–Trinajstić information content (AvgIpc) is 2.92. The molecule has 146 valence electrons. The highest BCUT2D eigenvalue weighted by Gasteiger charge is 2.46. The van der Waals surface area contributed by atoms with E-state index in [0.29, 0.717) is 12.8 Å². The van der Waals surface area contributed by atoms with E-state index < -0.39 is 12.1 Å². The van der Waals surface area contributed by atoms with Gasteiger partial charge in [0.15, 0.2) is 0 Å². The van der Waals surface area contributed by atoms with Gasteiger partial charge in [-0.3, -0.25) is 4.79 Å². The number of carbonyl (C=O) groups is 1. The molecule has 0 amide bonds. The van der Waals surface area contributed by atoms with Crippen molar-refractivity contribution < 1.29 is 15.0 Å². The summed E-state index contributed by atoms with van der Waals surface area (Å²) >= 11 is 0. The number of aliphatic carboxylic acids is 1. The first-order chi connectivity index (χ1) is 12.7. The summed E-state index contributed by atoms with van der Waals surface area (Å²) in [4.78, 5) is 14.3. The van der Waals surface area contributed by atoms with Gasteiger partial charge in [-0.15, -0.1) is 0 Å². The fourth-order valence-electron chi connectivity index (χ4n) is 3.96. The van der Waals surface area contributed by atoms with Crippen molar-refractivity contribution in [2.45, 2.75) is 76.4 Å². The Bertz CT molecular complexity index is 694. The maximum atomic E-state index is 10.6. The predicted molar refractivity (Wildman–Crippen MR) is 108 cm³/mol. The van der Waals surface area contributed by atoms with E-state index in [2.05, 4.69) is 56.0 Å². The van der Waals surface area contributed by atoms with Crippen LogP contribution in [0.15, 0.2) is 36.4 Å². The highest BCUT2D eigenvalue weighted by Crippen LogP contribution is 2.44. The quantitative estimate of drug-likeness (QED) is 0.407. The standard InChI is InChI=1S/C23H31NO3/c1-23(2,3)17-13-11-16(12-14-17)22-18(19(24-4)15-20(22)25)9-7-5-6-8-10-21(26)27/h5,7,11-14,18-20,22,25H,6,8-10,15H2,1-3H3,(H,26,27)/b7-5-/t18?,19-,20-,22?/m1/s1. The molecule has 4 nitrogen and oxygen atoms in total. The summed E-state index contributed by atoms with van der Waals surface area (Å²) in [5, 5.41) is 19.3. The van der Waals surface area contributed by atoms with Gasteiger partial charge in [-0.1, -0.05) is 57.2 Å². The van der Waals surface area contributed by atoms with Crippen LogP contribution in [0.25, 0.3) is 4.85 Å². The van der Waals surface area contributed by atoms with Gasteiger partial charge in [0, 0.05) is 24.7 Å². The van der Waals surface area contributed by atoms with Crippen LogP contribution in [-0.4, -0.2) is 28.3 Å². The molecule has 2 N–H and O–H groups in total. The van der Waals surface area contributed by atoms with Gasteiger partial charge in [-0.2, -0.15) is 0 Å². The third-order valence-electron chi connectivity index (χ3n) is 5.52. The largest absolute Gasteiger partial charge is 0.481 e. The van der Waals surface area contributed by atoms with Gasteiger partial charge >= 0.3 is 5.97 Å². The van der Waals surface area contributed by atoms with Crippen LogP contribution in [0.1, 0.15) is 69.9 Å². The van der Waals surface area contributed by atoms with Gasteiger partial charge in [0.25, 0.3) is 0 Å². The van der Waals surface area contributed by atoms with Crippen molar-refractivity contribution in [3.63, 3.8) is 0 Å². The Morgan fingerprint density at radius 1 is 1.26 bits per heavy atom. The van der Waals surface area contributed by atoms with Crippen molar-refractivity contribution >= 4 is 5.97 Å². The Balaban J connectivity index is 2.09. The molecule has 1 aromatic carbocycles. The monoisotopic (exact) mass is 369 g/mol. The van der Waals surface area contributed by atoms with Gasteiger partial charge in [-0.05, 0) is 35.8 Å². The lowest BCUT2D eigenvalue weighted by molar-refractivity contribution is -0.137. The SMILES string of the molecule is [C-]#[N+][C@@H]1C[C@@H](O)C(c2ccc(C(C)(C)C)cc2)C1C/C=C\CCCC(=O)O. The number of allylic oxidation sites excluding steroid dienone is 2. The number of carboxylic acid groups (broad SMARTS) is 1. The average molecular weight is 370 g/mol. The van der Waals surface area contributed by atoms with E-state index >= 15 is 0 Å². The van der Waals surface area contributed by atoms with Gasteiger partial charge in [0.1, 0.15) is 0 Å². The summed E-state index contributed by atoms with van der Waals surface area (Å²) < 4.78 is 0. The number of hydrogen-bond acceptors (Lipinski definition) is 2. The molecular formula is C23H31NO3. The topological polar surface area (TPSA) is 61.9 Å². The Hall–Kier alpha value is -2.12. The molecule has 0 aromatic heterocycles. The second-order valence-corrected chi connectivity index (χ2v) is 8.55. The van der Waals surface area contributed by atoms with Crippen LogP contribution in [-0.2, 0) is 10.2 Å². The maximum Gasteiger partial charge on any atom is 0.303 e. The van der Waals surface area contributed by atoms with Crippen molar-refractivity contribution in [3.8, 4) is 0 Å². The predicted octanol–water partition coefficient (Wildman–Crippen LogP) is 4.94. The number of aliphatic hydroxyl groups excluding tert-OH is 1. The normalized spacial score (nSPS) is 25.6. The van der Waals surface area contributed by atoms with Crippen LogP contribution in [0.4, 0.5) is 0 Å². The molecule has 27 heavy (non-hydrogen) atoms. The lowest BCUT2D eigenvalue weighted by atomic mass is 9.81. The summed E-state index contributed by atoms with van der Waals surface area (Å²) in [7, 11) is 0. The number of aliphatic hydroxyl groups is 1. The van der Waals surface area contributed by atoms with E-state index in [4.69, 9.17) is 11.7 Å². The molecule has 1 aliphatic rings. The summed E-state index contributed by atoms with van der Waals surface area (Å²) in [5.41, 5.74) is 2.45. The van der Waals surface area contributed by atoms with E-state index in [1.54, 1.807) is 0 Å². The first-order valence-corrected chi connectivity index (χ1v) is 9.76. The van der Waals surface area contributed by atoms with Crippen LogP contribution in [0, 0.1) is 12.5 Å². The second-order valence-electron chi connectivity index (χ2n) is 8.55. The molecule has 1 aliphatic carbocycles. The van der Waals surface area contributed by atoms with Crippen LogP contribution in [0.5, 0.6) is 0 Å². The number of hydrogen-bond donors (Lipinski definition) is 2. The first kappa shape index (κ1) is 21.2. The number of nitrogens with zero attached hydrogens (tertiary/aromatic N) is 1. The second kappa shape index (κ2) is 9.19. The minimum atomic E-state index is -0.769. The molecule has 1 fully saturated rings. The molecular weight excluding hydrogens is 338 g/mol. The van der Waals surface area contributed by atoms with Crippen molar-refractivity contribution in [1.82, 2.24) is 0 Å². The van der Waals surface area contributed by atoms with Gasteiger partial charge in [-0.25, -0.2) is 6.57 Å². The molecule has 0 bridgehead atoms. The molecule has 4 heteroatoms. The molecule has 1 saturated carbocycles. The van der Waals surface area contributed by atoms with Gasteiger partial charge < -0.3 is 15.1 Å². The van der Waals surface area contributed by atoms with Gasteiger partial charge in [0.05, 0.1) is 6.10 Å². The molecule has 4 atom stereocenters. The van der Waals surface area contributed by atoms with E-state index in [9.17, 15) is 9.90 Å². The van der Waals surface area contributed by atoms with Crippen LogP contribution >= 0.6 is 0 Å².